The van der Waals surface area contributed by atoms with Crippen molar-refractivity contribution < 1.29 is 41.5 Å². The van der Waals surface area contributed by atoms with Gasteiger partial charge in [0.2, 0.25) is 5.95 Å². The van der Waals surface area contributed by atoms with Crippen LogP contribution in [0.5, 0.6) is 0 Å². The molecule has 0 spiro atoms. The third-order valence-electron chi connectivity index (χ3n) is 8.26. The van der Waals surface area contributed by atoms with Crippen LogP contribution in [0.4, 0.5) is 36.3 Å². The molecule has 1 amide bonds. The van der Waals surface area contributed by atoms with Crippen molar-refractivity contribution in [2.75, 3.05) is 30.9 Å². The molecule has 1 saturated carbocycles. The van der Waals surface area contributed by atoms with E-state index in [1.807, 2.05) is 6.07 Å². The maximum absolute atomic E-state index is 14.0. The molecule has 12 nitrogen and oxygen atoms in total. The average Bonchev–Trinajstić information content (AvgIpc) is 3.32. The maximum Gasteiger partial charge on any atom is 0.421 e. The normalized spacial score (nSPS) is 18.3. The lowest BCUT2D eigenvalue weighted by molar-refractivity contribution is -0.143. The number of carbonyl (C=O) groups excluding carboxylic acids is 1. The minimum absolute atomic E-state index is 0.0936. The number of carboxylic acids is 1. The van der Waals surface area contributed by atoms with E-state index in [1.165, 1.54) is 18.3 Å². The van der Waals surface area contributed by atoms with Gasteiger partial charge in [-0.25, -0.2) is 4.98 Å². The third kappa shape index (κ3) is 7.74. The molecule has 0 radical (unpaired) electrons. The zero-order valence-electron chi connectivity index (χ0n) is 26.1. The lowest BCUT2D eigenvalue weighted by atomic mass is 9.77. The highest BCUT2D eigenvalue weighted by Crippen LogP contribution is 2.51. The number of nitrogens with one attached hydrogen (secondary N) is 2. The zero-order chi connectivity index (χ0) is 33.9. The number of aromatic nitrogens is 3. The van der Waals surface area contributed by atoms with Gasteiger partial charge in [-0.15, -0.1) is 0 Å². The molecule has 47 heavy (non-hydrogen) atoms. The number of anilines is 4. The minimum Gasteiger partial charge on any atom is -0.481 e. The summed E-state index contributed by atoms with van der Waals surface area (Å²) in [5.74, 6) is -2.04. The summed E-state index contributed by atoms with van der Waals surface area (Å²) < 4.78 is 65.3. The van der Waals surface area contributed by atoms with E-state index in [0.29, 0.717) is 55.4 Å². The quantitative estimate of drug-likeness (QED) is 0.168. The van der Waals surface area contributed by atoms with Crippen molar-refractivity contribution in [2.45, 2.75) is 64.3 Å². The number of alkyl halides is 3. The van der Waals surface area contributed by atoms with Gasteiger partial charge in [0.05, 0.1) is 54.1 Å². The first-order chi connectivity index (χ1) is 22.3. The SMILES string of the molecule is CCOP(=O)(Cc1ccc(Nc2nc(Nc3ccc([C@H]4CC[C@@H](C(=O)O)CC4)c4c3C(=O)N(C)C4)ncc2C(F)(F)F)cn1)OCC. The van der Waals surface area contributed by atoms with Gasteiger partial charge in [0.25, 0.3) is 5.91 Å². The molecule has 5 rings (SSSR count). The Kier molecular flexibility index (Phi) is 10.2. The smallest absolute Gasteiger partial charge is 0.421 e. The second-order valence-corrected chi connectivity index (χ2v) is 13.5. The van der Waals surface area contributed by atoms with Crippen LogP contribution < -0.4 is 10.6 Å². The van der Waals surface area contributed by atoms with Crippen molar-refractivity contribution in [1.82, 2.24) is 19.9 Å². The lowest BCUT2D eigenvalue weighted by Crippen LogP contribution is -2.21. The molecule has 1 aliphatic carbocycles. The Morgan fingerprint density at radius 2 is 1.74 bits per heavy atom. The first kappa shape index (κ1) is 34.3. The largest absolute Gasteiger partial charge is 0.481 e. The molecule has 3 aromatic rings. The van der Waals surface area contributed by atoms with Crippen molar-refractivity contribution in [3.05, 3.63) is 64.6 Å². The number of carbonyl (C=O) groups is 2. The van der Waals surface area contributed by atoms with Gasteiger partial charge in [-0.05, 0) is 74.8 Å². The highest BCUT2D eigenvalue weighted by molar-refractivity contribution is 7.53. The molecule has 3 N–H and O–H groups in total. The molecular formula is C31H36F3N6O6P. The Balaban J connectivity index is 1.40. The van der Waals surface area contributed by atoms with Gasteiger partial charge in [0, 0.05) is 19.8 Å². The molecule has 3 heterocycles. The molecular weight excluding hydrogens is 640 g/mol. The molecule has 2 aromatic heterocycles. The molecule has 2 aliphatic rings. The maximum atomic E-state index is 14.0. The molecule has 0 atom stereocenters. The van der Waals surface area contributed by atoms with Crippen LogP contribution in [0.1, 0.15) is 78.2 Å². The van der Waals surface area contributed by atoms with E-state index in [-0.39, 0.29) is 48.8 Å². The molecule has 1 aromatic carbocycles. The van der Waals surface area contributed by atoms with Crippen LogP contribution >= 0.6 is 7.60 Å². The van der Waals surface area contributed by atoms with Gasteiger partial charge in [0.15, 0.2) is 0 Å². The summed E-state index contributed by atoms with van der Waals surface area (Å²) in [5.41, 5.74) is 1.95. The number of nitrogens with zero attached hydrogens (tertiary/aromatic N) is 4. The number of hydrogen-bond acceptors (Lipinski definition) is 10. The molecule has 0 saturated heterocycles. The number of benzene rings is 1. The first-order valence-electron chi connectivity index (χ1n) is 15.3. The van der Waals surface area contributed by atoms with Crippen LogP contribution in [0.15, 0.2) is 36.7 Å². The van der Waals surface area contributed by atoms with Gasteiger partial charge < -0.3 is 29.7 Å². The van der Waals surface area contributed by atoms with Crippen LogP contribution in [0.25, 0.3) is 0 Å². The van der Waals surface area contributed by atoms with Crippen LogP contribution in [-0.2, 0) is 37.3 Å². The number of amides is 1. The summed E-state index contributed by atoms with van der Waals surface area (Å²) in [6.45, 7) is 4.07. The van der Waals surface area contributed by atoms with E-state index in [1.54, 1.807) is 31.9 Å². The second-order valence-electron chi connectivity index (χ2n) is 11.5. The van der Waals surface area contributed by atoms with Crippen LogP contribution in [-0.4, -0.2) is 57.1 Å². The number of halogens is 3. The predicted molar refractivity (Wildman–Crippen MR) is 167 cm³/mol. The van der Waals surface area contributed by atoms with E-state index < -0.39 is 31.1 Å². The van der Waals surface area contributed by atoms with Gasteiger partial charge >= 0.3 is 19.7 Å². The van der Waals surface area contributed by atoms with Crippen LogP contribution in [0.2, 0.25) is 0 Å². The number of hydrogen-bond donors (Lipinski definition) is 3. The van der Waals surface area contributed by atoms with Crippen molar-refractivity contribution >= 4 is 42.6 Å². The molecule has 16 heteroatoms. The summed E-state index contributed by atoms with van der Waals surface area (Å²) in [5, 5.41) is 15.0. The van der Waals surface area contributed by atoms with E-state index in [4.69, 9.17) is 9.05 Å². The Hall–Kier alpha value is -4.07. The number of carboxylic acid groups (broad SMARTS) is 1. The summed E-state index contributed by atoms with van der Waals surface area (Å²) in [6, 6.07) is 6.55. The standard InChI is InChI=1S/C31H36F3N6O6P/c1-4-45-47(44,46-5-2)17-21-11-10-20(14-35-21)37-27-24(31(32,33)34)15-36-30(39-27)38-25-13-12-22(23-16-40(3)28(41)26(23)25)18-6-8-19(9-7-18)29(42)43/h10-15,18-19H,4-9,16-17H2,1-3H3,(H,42,43)(H2,36,37,38,39)/t18-,19+. The van der Waals surface area contributed by atoms with Crippen molar-refractivity contribution in [2.24, 2.45) is 5.92 Å². The van der Waals surface area contributed by atoms with Gasteiger partial charge in [0.1, 0.15) is 11.4 Å². The van der Waals surface area contributed by atoms with Gasteiger partial charge in [-0.3, -0.25) is 19.1 Å². The second kappa shape index (κ2) is 14.0. The fourth-order valence-corrected chi connectivity index (χ4v) is 7.66. The Labute approximate surface area is 269 Å². The fourth-order valence-electron chi connectivity index (χ4n) is 6.03. The lowest BCUT2D eigenvalue weighted by Gasteiger charge is -2.28. The predicted octanol–water partition coefficient (Wildman–Crippen LogP) is 7.09. The first-order valence-corrected chi connectivity index (χ1v) is 17.0. The topological polar surface area (TPSA) is 156 Å². The highest BCUT2D eigenvalue weighted by Gasteiger charge is 2.37. The molecule has 1 aliphatic heterocycles. The zero-order valence-corrected chi connectivity index (χ0v) is 27.0. The summed E-state index contributed by atoms with van der Waals surface area (Å²) >= 11 is 0. The van der Waals surface area contributed by atoms with E-state index >= 15 is 0 Å². The van der Waals surface area contributed by atoms with Crippen molar-refractivity contribution in [1.29, 1.82) is 0 Å². The van der Waals surface area contributed by atoms with Crippen molar-refractivity contribution in [3.63, 3.8) is 0 Å². The van der Waals surface area contributed by atoms with Crippen LogP contribution in [0.3, 0.4) is 0 Å². The Morgan fingerprint density at radius 1 is 1.04 bits per heavy atom. The molecule has 1 fully saturated rings. The monoisotopic (exact) mass is 676 g/mol. The number of rotatable bonds is 12. The van der Waals surface area contributed by atoms with Gasteiger partial charge in [-0.2, -0.15) is 18.2 Å². The number of aliphatic carboxylic acids is 1. The van der Waals surface area contributed by atoms with E-state index in [9.17, 15) is 32.4 Å². The van der Waals surface area contributed by atoms with Crippen LogP contribution in [0, 0.1) is 5.92 Å². The minimum atomic E-state index is -4.78. The fraction of sp³-hybridized carbons (Fsp3) is 0.452. The molecule has 0 bridgehead atoms. The van der Waals surface area contributed by atoms with E-state index in [0.717, 1.165) is 11.1 Å². The van der Waals surface area contributed by atoms with Gasteiger partial charge in [-0.1, -0.05) is 6.07 Å². The molecule has 252 valence electrons. The molecule has 0 unspecified atom stereocenters. The number of fused-ring (bicyclic) bond motifs is 1. The van der Waals surface area contributed by atoms with E-state index in [2.05, 4.69) is 25.6 Å². The Morgan fingerprint density at radius 3 is 2.34 bits per heavy atom. The van der Waals surface area contributed by atoms with Crippen molar-refractivity contribution in [3.8, 4) is 0 Å². The average molecular weight is 677 g/mol. The third-order valence-corrected chi connectivity index (χ3v) is 10.3. The summed E-state index contributed by atoms with van der Waals surface area (Å²) in [7, 11) is -1.77. The highest BCUT2D eigenvalue weighted by atomic mass is 31.2. The Bertz CT molecular complexity index is 1670. The summed E-state index contributed by atoms with van der Waals surface area (Å²) in [4.78, 5) is 38.5. The number of pyridine rings is 1. The summed E-state index contributed by atoms with van der Waals surface area (Å²) in [6.07, 6.45) is -0.485.